The monoisotopic (exact) mass is 294 g/mol. The zero-order chi connectivity index (χ0) is 13.4. The van der Waals surface area contributed by atoms with E-state index in [1.807, 2.05) is 18.7 Å². The topological polar surface area (TPSA) is 58.2 Å². The van der Waals surface area contributed by atoms with Gasteiger partial charge in [-0.05, 0) is 56.7 Å². The first kappa shape index (κ1) is 16.3. The van der Waals surface area contributed by atoms with Gasteiger partial charge in [0.25, 0.3) is 0 Å². The van der Waals surface area contributed by atoms with Crippen LogP contribution in [-0.4, -0.2) is 44.8 Å². The molecule has 0 aliphatic carbocycles. The van der Waals surface area contributed by atoms with Gasteiger partial charge in [0.05, 0.1) is 5.75 Å². The van der Waals surface area contributed by atoms with E-state index in [1.54, 1.807) is 0 Å². The van der Waals surface area contributed by atoms with Crippen molar-refractivity contribution in [1.82, 2.24) is 10.0 Å². The molecule has 1 heterocycles. The Bertz CT molecular complexity index is 314. The standard InChI is InChI=1S/C12H26N2O2S2/c1-3-17-9-6-11(2)14-18(15,16)10-12-4-7-13-8-5-12/h11-14H,3-10H2,1-2H3. The minimum atomic E-state index is -3.10. The van der Waals surface area contributed by atoms with E-state index in [-0.39, 0.29) is 6.04 Å². The third-order valence-electron chi connectivity index (χ3n) is 3.19. The van der Waals surface area contributed by atoms with Gasteiger partial charge in [0.15, 0.2) is 0 Å². The second kappa shape index (κ2) is 8.40. The molecule has 2 N–H and O–H groups in total. The second-order valence-electron chi connectivity index (χ2n) is 4.98. The normalized spacial score (nSPS) is 19.9. The molecular formula is C12H26N2O2S2. The zero-order valence-electron chi connectivity index (χ0n) is 11.4. The maximum absolute atomic E-state index is 12.0. The Morgan fingerprint density at radius 1 is 1.39 bits per heavy atom. The maximum Gasteiger partial charge on any atom is 0.212 e. The van der Waals surface area contributed by atoms with Crippen LogP contribution in [0.5, 0.6) is 0 Å². The van der Waals surface area contributed by atoms with Crippen molar-refractivity contribution in [2.75, 3.05) is 30.3 Å². The van der Waals surface area contributed by atoms with Crippen LogP contribution in [0.15, 0.2) is 0 Å². The molecule has 0 aromatic heterocycles. The van der Waals surface area contributed by atoms with Gasteiger partial charge in [-0.25, -0.2) is 13.1 Å². The molecule has 1 aliphatic heterocycles. The lowest BCUT2D eigenvalue weighted by molar-refractivity contribution is 0.399. The van der Waals surface area contributed by atoms with Crippen molar-refractivity contribution < 1.29 is 8.42 Å². The summed E-state index contributed by atoms with van der Waals surface area (Å²) >= 11 is 1.86. The summed E-state index contributed by atoms with van der Waals surface area (Å²) in [7, 11) is -3.10. The van der Waals surface area contributed by atoms with Crippen molar-refractivity contribution in [3.63, 3.8) is 0 Å². The summed E-state index contributed by atoms with van der Waals surface area (Å²) in [5.41, 5.74) is 0. The van der Waals surface area contributed by atoms with Crippen molar-refractivity contribution in [3.8, 4) is 0 Å². The van der Waals surface area contributed by atoms with E-state index in [0.717, 1.165) is 43.9 Å². The first-order chi connectivity index (χ1) is 8.53. The molecule has 0 amide bonds. The van der Waals surface area contributed by atoms with Gasteiger partial charge in [-0.2, -0.15) is 11.8 Å². The van der Waals surface area contributed by atoms with Gasteiger partial charge in [0.1, 0.15) is 0 Å². The molecule has 1 saturated heterocycles. The fourth-order valence-electron chi connectivity index (χ4n) is 2.18. The van der Waals surface area contributed by atoms with Crippen molar-refractivity contribution in [3.05, 3.63) is 0 Å². The summed E-state index contributed by atoms with van der Waals surface area (Å²) in [5.74, 6) is 2.73. The largest absolute Gasteiger partial charge is 0.317 e. The average Bonchev–Trinajstić information content (AvgIpc) is 2.29. The van der Waals surface area contributed by atoms with Gasteiger partial charge in [0, 0.05) is 6.04 Å². The third kappa shape index (κ3) is 6.97. The summed E-state index contributed by atoms with van der Waals surface area (Å²) < 4.78 is 26.8. The van der Waals surface area contributed by atoms with E-state index < -0.39 is 10.0 Å². The number of sulfonamides is 1. The predicted octanol–water partition coefficient (Wildman–Crippen LogP) is 1.44. The molecule has 1 unspecified atom stereocenters. The zero-order valence-corrected chi connectivity index (χ0v) is 13.1. The first-order valence-corrected chi connectivity index (χ1v) is 9.62. The highest BCUT2D eigenvalue weighted by atomic mass is 32.2. The van der Waals surface area contributed by atoms with E-state index in [9.17, 15) is 8.42 Å². The summed E-state index contributed by atoms with van der Waals surface area (Å²) in [4.78, 5) is 0. The van der Waals surface area contributed by atoms with Crippen LogP contribution in [-0.2, 0) is 10.0 Å². The fourth-order valence-corrected chi connectivity index (χ4v) is 4.77. The van der Waals surface area contributed by atoms with Gasteiger partial charge < -0.3 is 5.32 Å². The molecule has 0 aromatic carbocycles. The SMILES string of the molecule is CCSCCC(C)NS(=O)(=O)CC1CCNCC1. The van der Waals surface area contributed by atoms with Gasteiger partial charge in [-0.1, -0.05) is 6.92 Å². The lowest BCUT2D eigenvalue weighted by Crippen LogP contribution is -2.39. The molecule has 0 aromatic rings. The number of thioether (sulfide) groups is 1. The number of piperidine rings is 1. The summed E-state index contributed by atoms with van der Waals surface area (Å²) in [6, 6.07) is 0.0516. The molecule has 1 atom stereocenters. The number of hydrogen-bond acceptors (Lipinski definition) is 4. The van der Waals surface area contributed by atoms with Crippen LogP contribution < -0.4 is 10.0 Å². The lowest BCUT2D eigenvalue weighted by Gasteiger charge is -2.23. The Morgan fingerprint density at radius 3 is 2.67 bits per heavy atom. The summed E-state index contributed by atoms with van der Waals surface area (Å²) in [6.45, 7) is 5.97. The van der Waals surface area contributed by atoms with Gasteiger partial charge in [-0.15, -0.1) is 0 Å². The second-order valence-corrected chi connectivity index (χ2v) is 8.17. The Labute approximate surface area is 116 Å². The minimum Gasteiger partial charge on any atom is -0.317 e. The molecular weight excluding hydrogens is 268 g/mol. The number of rotatable bonds is 8. The Balaban J connectivity index is 2.29. The van der Waals surface area contributed by atoms with Crippen molar-refractivity contribution in [2.45, 2.75) is 39.2 Å². The van der Waals surface area contributed by atoms with E-state index >= 15 is 0 Å². The van der Waals surface area contributed by atoms with Crippen molar-refractivity contribution in [1.29, 1.82) is 0 Å². The molecule has 1 rings (SSSR count). The Kier molecular flexibility index (Phi) is 7.60. The first-order valence-electron chi connectivity index (χ1n) is 6.82. The molecule has 1 aliphatic rings. The molecule has 18 heavy (non-hydrogen) atoms. The van der Waals surface area contributed by atoms with Crippen LogP contribution in [0, 0.1) is 5.92 Å². The van der Waals surface area contributed by atoms with Gasteiger partial charge >= 0.3 is 0 Å². The van der Waals surface area contributed by atoms with Crippen molar-refractivity contribution in [2.24, 2.45) is 5.92 Å². The minimum absolute atomic E-state index is 0.0516. The van der Waals surface area contributed by atoms with E-state index in [1.165, 1.54) is 0 Å². The Hall–Kier alpha value is 0.220. The maximum atomic E-state index is 12.0. The molecule has 0 radical (unpaired) electrons. The van der Waals surface area contributed by atoms with Crippen LogP contribution in [0.4, 0.5) is 0 Å². The van der Waals surface area contributed by atoms with Gasteiger partial charge in [-0.3, -0.25) is 0 Å². The average molecular weight is 294 g/mol. The van der Waals surface area contributed by atoms with Gasteiger partial charge in [0.2, 0.25) is 10.0 Å². The van der Waals surface area contributed by atoms with Crippen LogP contribution in [0.1, 0.15) is 33.1 Å². The lowest BCUT2D eigenvalue weighted by atomic mass is 10.0. The molecule has 0 bridgehead atoms. The highest BCUT2D eigenvalue weighted by Gasteiger charge is 2.22. The number of nitrogens with one attached hydrogen (secondary N) is 2. The summed E-state index contributed by atoms with van der Waals surface area (Å²) in [6.07, 6.45) is 2.85. The quantitative estimate of drug-likeness (QED) is 0.665. The highest BCUT2D eigenvalue weighted by molar-refractivity contribution is 7.99. The van der Waals surface area contributed by atoms with E-state index in [0.29, 0.717) is 11.7 Å². The van der Waals surface area contributed by atoms with Crippen LogP contribution in [0.2, 0.25) is 0 Å². The van der Waals surface area contributed by atoms with Crippen molar-refractivity contribution >= 4 is 21.8 Å². The van der Waals surface area contributed by atoms with E-state index in [2.05, 4.69) is 17.0 Å². The Morgan fingerprint density at radius 2 is 2.06 bits per heavy atom. The molecule has 1 fully saturated rings. The molecule has 108 valence electrons. The summed E-state index contributed by atoms with van der Waals surface area (Å²) in [5, 5.41) is 3.26. The smallest absolute Gasteiger partial charge is 0.212 e. The molecule has 6 heteroatoms. The molecule has 4 nitrogen and oxygen atoms in total. The predicted molar refractivity (Wildman–Crippen MR) is 79.6 cm³/mol. The third-order valence-corrected chi connectivity index (χ3v) is 5.80. The van der Waals surface area contributed by atoms with Crippen LogP contribution in [0.3, 0.4) is 0 Å². The number of hydrogen-bond donors (Lipinski definition) is 2. The highest BCUT2D eigenvalue weighted by Crippen LogP contribution is 2.14. The molecule has 0 spiro atoms. The van der Waals surface area contributed by atoms with Crippen LogP contribution in [0.25, 0.3) is 0 Å². The molecule has 0 saturated carbocycles. The van der Waals surface area contributed by atoms with Crippen LogP contribution >= 0.6 is 11.8 Å². The van der Waals surface area contributed by atoms with E-state index in [4.69, 9.17) is 0 Å². The fraction of sp³-hybridized carbons (Fsp3) is 1.00.